The topological polar surface area (TPSA) is 85.1 Å². The average molecular weight is 297 g/mol. The van der Waals surface area contributed by atoms with Gasteiger partial charge in [0.25, 0.3) is 0 Å². The number of nitrogens with zero attached hydrogens (tertiary/aromatic N) is 1. The van der Waals surface area contributed by atoms with E-state index in [2.05, 4.69) is 10.3 Å². The zero-order chi connectivity index (χ0) is 14.0. The molecule has 0 radical (unpaired) electrons. The van der Waals surface area contributed by atoms with Gasteiger partial charge < -0.3 is 5.32 Å². The number of nitrogens with one attached hydrogen (secondary N) is 1. The fourth-order valence-corrected chi connectivity index (χ4v) is 3.21. The summed E-state index contributed by atoms with van der Waals surface area (Å²) >= 11 is 1.54. The SMILES string of the molecule is Cc1csc(C(C)Nc2ccccc2S(N)(=O)=O)n1. The molecule has 1 aromatic carbocycles. The number of nitrogens with two attached hydrogens (primary N) is 1. The molecule has 0 aliphatic carbocycles. The number of para-hydroxylation sites is 1. The molecule has 1 heterocycles. The Balaban J connectivity index is 2.29. The van der Waals surface area contributed by atoms with Crippen molar-refractivity contribution in [3.63, 3.8) is 0 Å². The van der Waals surface area contributed by atoms with E-state index in [0.717, 1.165) is 10.7 Å². The van der Waals surface area contributed by atoms with Crippen molar-refractivity contribution < 1.29 is 8.42 Å². The molecule has 1 unspecified atom stereocenters. The smallest absolute Gasteiger partial charge is 0.240 e. The second kappa shape index (κ2) is 5.28. The predicted molar refractivity (Wildman–Crippen MR) is 76.7 cm³/mol. The van der Waals surface area contributed by atoms with Crippen LogP contribution in [-0.4, -0.2) is 13.4 Å². The minimum Gasteiger partial charge on any atom is -0.375 e. The third kappa shape index (κ3) is 3.31. The molecule has 7 heteroatoms. The van der Waals surface area contributed by atoms with Gasteiger partial charge in [0.1, 0.15) is 9.90 Å². The van der Waals surface area contributed by atoms with Crippen LogP contribution in [0.25, 0.3) is 0 Å². The molecule has 1 aromatic heterocycles. The first-order valence-corrected chi connectivity index (χ1v) is 8.11. The minimum atomic E-state index is -3.74. The molecule has 2 aromatic rings. The van der Waals surface area contributed by atoms with Crippen molar-refractivity contribution >= 4 is 27.0 Å². The van der Waals surface area contributed by atoms with Crippen LogP contribution >= 0.6 is 11.3 Å². The summed E-state index contributed by atoms with van der Waals surface area (Å²) in [6.07, 6.45) is 0. The zero-order valence-corrected chi connectivity index (χ0v) is 12.3. The zero-order valence-electron chi connectivity index (χ0n) is 10.6. The fourth-order valence-electron chi connectivity index (χ4n) is 1.70. The van der Waals surface area contributed by atoms with Crippen molar-refractivity contribution in [2.45, 2.75) is 24.8 Å². The lowest BCUT2D eigenvalue weighted by Crippen LogP contribution is -2.16. The van der Waals surface area contributed by atoms with Gasteiger partial charge in [-0.2, -0.15) is 0 Å². The maximum Gasteiger partial charge on any atom is 0.240 e. The van der Waals surface area contributed by atoms with E-state index in [9.17, 15) is 8.42 Å². The Hall–Kier alpha value is -1.44. The van der Waals surface area contributed by atoms with Gasteiger partial charge in [-0.25, -0.2) is 18.5 Å². The number of anilines is 1. The molecule has 19 heavy (non-hydrogen) atoms. The summed E-state index contributed by atoms with van der Waals surface area (Å²) in [6, 6.07) is 6.50. The van der Waals surface area contributed by atoms with Crippen LogP contribution < -0.4 is 10.5 Å². The molecule has 2 rings (SSSR count). The van der Waals surface area contributed by atoms with E-state index in [4.69, 9.17) is 5.14 Å². The number of aromatic nitrogens is 1. The van der Waals surface area contributed by atoms with E-state index in [0.29, 0.717) is 5.69 Å². The standard InChI is InChI=1S/C12H15N3O2S2/c1-8-7-18-12(14-8)9(2)15-10-5-3-4-6-11(10)19(13,16)17/h3-7,9,15H,1-2H3,(H2,13,16,17). The number of hydrogen-bond acceptors (Lipinski definition) is 5. The molecule has 0 amide bonds. The highest BCUT2D eigenvalue weighted by atomic mass is 32.2. The van der Waals surface area contributed by atoms with Crippen LogP contribution in [0.4, 0.5) is 5.69 Å². The van der Waals surface area contributed by atoms with Crippen LogP contribution in [0.5, 0.6) is 0 Å². The number of aryl methyl sites for hydroxylation is 1. The third-order valence-electron chi connectivity index (χ3n) is 2.57. The molecule has 102 valence electrons. The Morgan fingerprint density at radius 2 is 2.05 bits per heavy atom. The van der Waals surface area contributed by atoms with E-state index in [1.807, 2.05) is 19.2 Å². The summed E-state index contributed by atoms with van der Waals surface area (Å²) in [5.74, 6) is 0. The van der Waals surface area contributed by atoms with Crippen molar-refractivity contribution in [1.29, 1.82) is 0 Å². The van der Waals surface area contributed by atoms with Gasteiger partial charge in [0.2, 0.25) is 10.0 Å². The number of rotatable bonds is 4. The summed E-state index contributed by atoms with van der Waals surface area (Å²) in [6.45, 7) is 3.85. The predicted octanol–water partition coefficient (Wildman–Crippen LogP) is 2.27. The number of thiazole rings is 1. The van der Waals surface area contributed by atoms with Crippen LogP contribution in [0.2, 0.25) is 0 Å². The summed E-state index contributed by atoms with van der Waals surface area (Å²) in [5.41, 5.74) is 1.44. The largest absolute Gasteiger partial charge is 0.375 e. The van der Waals surface area contributed by atoms with E-state index in [1.54, 1.807) is 18.2 Å². The van der Waals surface area contributed by atoms with Crippen molar-refractivity contribution in [2.75, 3.05) is 5.32 Å². The minimum absolute atomic E-state index is 0.0819. The van der Waals surface area contributed by atoms with Crippen molar-refractivity contribution in [2.24, 2.45) is 5.14 Å². The van der Waals surface area contributed by atoms with Crippen LogP contribution in [-0.2, 0) is 10.0 Å². The number of sulfonamides is 1. The van der Waals surface area contributed by atoms with Gasteiger partial charge in [-0.05, 0) is 26.0 Å². The van der Waals surface area contributed by atoms with Crippen LogP contribution in [0.15, 0.2) is 34.5 Å². The van der Waals surface area contributed by atoms with Gasteiger partial charge in [0.05, 0.1) is 11.7 Å². The van der Waals surface area contributed by atoms with E-state index < -0.39 is 10.0 Å². The molecule has 0 aliphatic rings. The third-order valence-corrected chi connectivity index (χ3v) is 4.69. The van der Waals surface area contributed by atoms with E-state index >= 15 is 0 Å². The highest BCUT2D eigenvalue weighted by molar-refractivity contribution is 7.89. The van der Waals surface area contributed by atoms with Gasteiger partial charge in [-0.3, -0.25) is 0 Å². The number of benzene rings is 1. The molecule has 5 nitrogen and oxygen atoms in total. The van der Waals surface area contributed by atoms with Gasteiger partial charge >= 0.3 is 0 Å². The van der Waals surface area contributed by atoms with Crippen molar-refractivity contribution in [1.82, 2.24) is 4.98 Å². The van der Waals surface area contributed by atoms with Gasteiger partial charge in [-0.1, -0.05) is 12.1 Å². The lowest BCUT2D eigenvalue weighted by Gasteiger charge is -2.15. The molecule has 0 spiro atoms. The van der Waals surface area contributed by atoms with Crippen molar-refractivity contribution in [3.8, 4) is 0 Å². The molecule has 0 aliphatic heterocycles. The molecule has 3 N–H and O–H groups in total. The number of primary sulfonamides is 1. The Bertz CT molecular complexity index is 680. The van der Waals surface area contributed by atoms with Crippen LogP contribution in [0.1, 0.15) is 23.7 Å². The Labute approximate surface area is 116 Å². The Kier molecular flexibility index (Phi) is 3.88. The first kappa shape index (κ1) is 14.0. The Morgan fingerprint density at radius 3 is 2.63 bits per heavy atom. The van der Waals surface area contributed by atoms with Crippen molar-refractivity contribution in [3.05, 3.63) is 40.3 Å². The Morgan fingerprint density at radius 1 is 1.37 bits per heavy atom. The normalized spacial score (nSPS) is 13.2. The summed E-state index contributed by atoms with van der Waals surface area (Å²) in [4.78, 5) is 4.47. The molecule has 0 bridgehead atoms. The van der Waals surface area contributed by atoms with E-state index in [-0.39, 0.29) is 10.9 Å². The average Bonchev–Trinajstić information content (AvgIpc) is 2.75. The number of hydrogen-bond donors (Lipinski definition) is 2. The molecule has 1 atom stereocenters. The van der Waals surface area contributed by atoms with Crippen LogP contribution in [0, 0.1) is 6.92 Å². The maximum atomic E-state index is 11.5. The quantitative estimate of drug-likeness (QED) is 0.906. The summed E-state index contributed by atoms with van der Waals surface area (Å²) in [7, 11) is -3.74. The highest BCUT2D eigenvalue weighted by Crippen LogP contribution is 2.26. The lowest BCUT2D eigenvalue weighted by molar-refractivity contribution is 0.598. The first-order valence-electron chi connectivity index (χ1n) is 5.68. The fraction of sp³-hybridized carbons (Fsp3) is 0.250. The highest BCUT2D eigenvalue weighted by Gasteiger charge is 2.16. The second-order valence-electron chi connectivity index (χ2n) is 4.23. The maximum absolute atomic E-state index is 11.5. The monoisotopic (exact) mass is 297 g/mol. The van der Waals surface area contributed by atoms with Gasteiger partial charge in [-0.15, -0.1) is 11.3 Å². The van der Waals surface area contributed by atoms with E-state index in [1.165, 1.54) is 17.4 Å². The molecule has 0 saturated heterocycles. The van der Waals surface area contributed by atoms with Crippen LogP contribution in [0.3, 0.4) is 0 Å². The summed E-state index contributed by atoms with van der Waals surface area (Å²) < 4.78 is 23.0. The molecular weight excluding hydrogens is 282 g/mol. The summed E-state index contributed by atoms with van der Waals surface area (Å²) in [5, 5.41) is 11.2. The first-order chi connectivity index (χ1) is 8.88. The molecule has 0 saturated carbocycles. The molecule has 0 fully saturated rings. The lowest BCUT2D eigenvalue weighted by atomic mass is 10.2. The second-order valence-corrected chi connectivity index (χ2v) is 6.65. The van der Waals surface area contributed by atoms with Gasteiger partial charge in [0.15, 0.2) is 0 Å². The molecular formula is C12H15N3O2S2. The van der Waals surface area contributed by atoms with Gasteiger partial charge in [0, 0.05) is 11.1 Å².